The van der Waals surface area contributed by atoms with E-state index in [0.29, 0.717) is 17.9 Å². The molecule has 0 saturated carbocycles. The lowest BCUT2D eigenvalue weighted by Gasteiger charge is -2.49. The maximum Gasteiger partial charge on any atom is 0.352 e. The summed E-state index contributed by atoms with van der Waals surface area (Å²) in [7, 11) is 0. The first-order valence-corrected chi connectivity index (χ1v) is 8.69. The average molecular weight is 371 g/mol. The Bertz CT molecular complexity index is 775. The smallest absolute Gasteiger partial charge is 0.352 e. The van der Waals surface area contributed by atoms with Crippen LogP contribution in [-0.2, 0) is 16.1 Å². The molecule has 128 valence electrons. The normalized spacial score (nSPS) is 23.0. The van der Waals surface area contributed by atoms with Gasteiger partial charge >= 0.3 is 5.97 Å². The highest BCUT2D eigenvalue weighted by atomic mass is 35.5. The van der Waals surface area contributed by atoms with E-state index in [1.54, 1.807) is 6.92 Å². The van der Waals surface area contributed by atoms with Gasteiger partial charge in [0.05, 0.1) is 11.2 Å². The van der Waals surface area contributed by atoms with Crippen molar-refractivity contribution in [3.8, 4) is 0 Å². The van der Waals surface area contributed by atoms with Crippen LogP contribution in [0.5, 0.6) is 0 Å². The molecule has 2 aliphatic rings. The van der Waals surface area contributed by atoms with E-state index in [1.807, 2.05) is 6.92 Å². The fourth-order valence-electron chi connectivity index (χ4n) is 2.81. The summed E-state index contributed by atoms with van der Waals surface area (Å²) in [5.41, 5.74) is 0.830. The van der Waals surface area contributed by atoms with Crippen molar-refractivity contribution in [2.45, 2.75) is 31.8 Å². The summed E-state index contributed by atoms with van der Waals surface area (Å²) in [6.45, 7) is 3.97. The molecule has 0 unspecified atom stereocenters. The molecule has 2 aliphatic heterocycles. The van der Waals surface area contributed by atoms with Crippen LogP contribution in [-0.4, -0.2) is 54.7 Å². The number of fused-ring (bicyclic) bond motifs is 1. The first-order valence-electron chi connectivity index (χ1n) is 7.26. The molecule has 3 rings (SSSR count). The molecule has 0 bridgehead atoms. The highest BCUT2D eigenvalue weighted by Crippen LogP contribution is 2.40. The highest BCUT2D eigenvalue weighted by molar-refractivity contribution is 8.00. The van der Waals surface area contributed by atoms with Crippen molar-refractivity contribution in [3.63, 3.8) is 0 Å². The van der Waals surface area contributed by atoms with Gasteiger partial charge in [-0.05, 0) is 19.4 Å². The van der Waals surface area contributed by atoms with E-state index in [9.17, 15) is 19.5 Å². The number of aryl methyl sites for hydroxylation is 1. The lowest BCUT2D eigenvalue weighted by Crippen LogP contribution is -2.70. The molecular weight excluding hydrogens is 356 g/mol. The monoisotopic (exact) mass is 370 g/mol. The molecule has 1 aromatic heterocycles. The molecule has 2 N–H and O–H groups in total. The number of carboxylic acid groups (broad SMARTS) is 1. The number of halogens is 1. The van der Waals surface area contributed by atoms with Crippen LogP contribution in [0.15, 0.2) is 17.5 Å². The first kappa shape index (κ1) is 16.8. The molecule has 0 radical (unpaired) electrons. The number of nitrogens with one attached hydrogen (secondary N) is 1. The number of hydrogen-bond donors (Lipinski definition) is 2. The SMILES string of the molecule is CCn1ncc(Cl)c1C(=O)N[C@@H]1C(=O)N2C(C(=O)O)=C(C)CS[C@H]12. The maximum atomic E-state index is 12.4. The van der Waals surface area contributed by atoms with E-state index >= 15 is 0 Å². The molecule has 24 heavy (non-hydrogen) atoms. The van der Waals surface area contributed by atoms with Gasteiger partial charge in [0, 0.05) is 12.3 Å². The van der Waals surface area contributed by atoms with Crippen molar-refractivity contribution < 1.29 is 19.5 Å². The van der Waals surface area contributed by atoms with Crippen LogP contribution in [0.1, 0.15) is 24.3 Å². The second-order valence-electron chi connectivity index (χ2n) is 5.45. The molecule has 1 saturated heterocycles. The third-order valence-electron chi connectivity index (χ3n) is 3.96. The van der Waals surface area contributed by atoms with Crippen molar-refractivity contribution in [2.24, 2.45) is 0 Å². The number of hydrogen-bond acceptors (Lipinski definition) is 5. The van der Waals surface area contributed by atoms with E-state index in [0.717, 1.165) is 0 Å². The van der Waals surface area contributed by atoms with E-state index < -0.39 is 29.2 Å². The number of amides is 2. The Morgan fingerprint density at radius 1 is 1.54 bits per heavy atom. The van der Waals surface area contributed by atoms with Crippen molar-refractivity contribution in [1.82, 2.24) is 20.0 Å². The minimum absolute atomic E-state index is 0.00545. The summed E-state index contributed by atoms with van der Waals surface area (Å²) in [6.07, 6.45) is 1.37. The Hall–Kier alpha value is -2.00. The van der Waals surface area contributed by atoms with Crippen LogP contribution in [0, 0.1) is 0 Å². The number of aromatic nitrogens is 2. The van der Waals surface area contributed by atoms with Gasteiger partial charge < -0.3 is 10.4 Å². The Balaban J connectivity index is 1.79. The summed E-state index contributed by atoms with van der Waals surface area (Å²) in [5.74, 6) is -1.57. The maximum absolute atomic E-state index is 12.4. The van der Waals surface area contributed by atoms with Crippen LogP contribution in [0.2, 0.25) is 5.02 Å². The predicted octanol–water partition coefficient (Wildman–Crippen LogP) is 0.928. The van der Waals surface area contributed by atoms with Crippen molar-refractivity contribution in [1.29, 1.82) is 0 Å². The van der Waals surface area contributed by atoms with Gasteiger partial charge in [-0.1, -0.05) is 11.6 Å². The fourth-order valence-corrected chi connectivity index (χ4v) is 4.33. The van der Waals surface area contributed by atoms with E-state index in [1.165, 1.54) is 27.5 Å². The van der Waals surface area contributed by atoms with Gasteiger partial charge in [0.15, 0.2) is 0 Å². The minimum Gasteiger partial charge on any atom is -0.477 e. The Labute approximate surface area is 146 Å². The molecular formula is C14H15ClN4O4S. The van der Waals surface area contributed by atoms with Crippen LogP contribution in [0.25, 0.3) is 0 Å². The standard InChI is InChI=1S/C14H15ClN4O4S/c1-3-18-10(7(15)4-16-18)11(20)17-8-12(21)19-9(14(22)23)6(2)5-24-13(8)19/h4,8,13H,3,5H2,1-2H3,(H,17,20)(H,22,23)/t8-,13-/m1/s1. The number of carbonyl (C=O) groups excluding carboxylic acids is 2. The molecule has 0 aromatic carbocycles. The Morgan fingerprint density at radius 3 is 2.88 bits per heavy atom. The van der Waals surface area contributed by atoms with Crippen molar-refractivity contribution in [2.75, 3.05) is 5.75 Å². The number of carbonyl (C=O) groups is 3. The first-order chi connectivity index (χ1) is 11.4. The molecule has 2 atom stereocenters. The molecule has 0 aliphatic carbocycles. The highest BCUT2D eigenvalue weighted by Gasteiger charge is 2.53. The van der Waals surface area contributed by atoms with E-state index in [4.69, 9.17) is 11.6 Å². The number of carboxylic acids is 1. The molecule has 10 heteroatoms. The van der Waals surface area contributed by atoms with Crippen LogP contribution in [0.4, 0.5) is 0 Å². The second kappa shape index (κ2) is 6.14. The number of rotatable bonds is 4. The Morgan fingerprint density at radius 2 is 2.25 bits per heavy atom. The third-order valence-corrected chi connectivity index (χ3v) is 5.66. The van der Waals surface area contributed by atoms with Crippen LogP contribution < -0.4 is 5.32 Å². The molecule has 1 aromatic rings. The minimum atomic E-state index is -1.14. The quantitative estimate of drug-likeness (QED) is 0.764. The van der Waals surface area contributed by atoms with Gasteiger partial charge in [0.25, 0.3) is 11.8 Å². The van der Waals surface area contributed by atoms with Gasteiger partial charge in [-0.3, -0.25) is 19.2 Å². The summed E-state index contributed by atoms with van der Waals surface area (Å²) in [6, 6.07) is -0.777. The fraction of sp³-hybridized carbons (Fsp3) is 0.429. The largest absolute Gasteiger partial charge is 0.477 e. The zero-order valence-corrected chi connectivity index (χ0v) is 14.5. The summed E-state index contributed by atoms with van der Waals surface area (Å²) < 4.78 is 1.44. The third kappa shape index (κ3) is 2.48. The van der Waals surface area contributed by atoms with Crippen LogP contribution >= 0.6 is 23.4 Å². The summed E-state index contributed by atoms with van der Waals surface area (Å²) in [4.78, 5) is 37.4. The molecule has 2 amide bonds. The van der Waals surface area contributed by atoms with Gasteiger partial charge in [0.2, 0.25) is 0 Å². The molecule has 1 fully saturated rings. The number of aliphatic carboxylic acids is 1. The molecule has 0 spiro atoms. The second-order valence-corrected chi connectivity index (χ2v) is 6.96. The predicted molar refractivity (Wildman–Crippen MR) is 87.6 cm³/mol. The van der Waals surface area contributed by atoms with E-state index in [-0.39, 0.29) is 16.4 Å². The average Bonchev–Trinajstić information content (AvgIpc) is 2.92. The lowest BCUT2D eigenvalue weighted by atomic mass is 10.0. The van der Waals surface area contributed by atoms with Gasteiger partial charge in [0.1, 0.15) is 22.8 Å². The van der Waals surface area contributed by atoms with E-state index in [2.05, 4.69) is 10.4 Å². The van der Waals surface area contributed by atoms with Gasteiger partial charge in [-0.15, -0.1) is 11.8 Å². The van der Waals surface area contributed by atoms with Gasteiger partial charge in [-0.2, -0.15) is 5.10 Å². The molecule has 3 heterocycles. The van der Waals surface area contributed by atoms with Crippen molar-refractivity contribution >= 4 is 41.1 Å². The zero-order valence-electron chi connectivity index (χ0n) is 12.9. The number of β-lactam (4-membered cyclic amide) rings is 1. The lowest BCUT2D eigenvalue weighted by molar-refractivity contribution is -0.148. The van der Waals surface area contributed by atoms with Gasteiger partial charge in [-0.25, -0.2) is 4.79 Å². The number of thioether (sulfide) groups is 1. The van der Waals surface area contributed by atoms with Crippen LogP contribution in [0.3, 0.4) is 0 Å². The topological polar surface area (TPSA) is 105 Å². The van der Waals surface area contributed by atoms with Crippen molar-refractivity contribution in [3.05, 3.63) is 28.2 Å². The molecule has 8 nitrogen and oxygen atoms in total. The zero-order chi connectivity index (χ0) is 17.6. The Kier molecular flexibility index (Phi) is 4.31. The number of nitrogens with zero attached hydrogens (tertiary/aromatic N) is 3. The summed E-state index contributed by atoms with van der Waals surface area (Å²) in [5, 5.41) is 15.7. The summed E-state index contributed by atoms with van der Waals surface area (Å²) >= 11 is 7.41.